The molecule has 3 aliphatic carbocycles. The zero-order valence-electron chi connectivity index (χ0n) is 12.0. The number of hydrogen-bond donors (Lipinski definition) is 1. The van der Waals surface area contributed by atoms with E-state index >= 15 is 0 Å². The molecule has 4 rings (SSSR count). The molecule has 18 heavy (non-hydrogen) atoms. The number of hydrogen-bond acceptors (Lipinski definition) is 2. The number of fused-ring (bicyclic) bond motifs is 1. The van der Waals surface area contributed by atoms with Crippen molar-refractivity contribution in [3.8, 4) is 0 Å². The minimum atomic E-state index is 0.583. The number of nitrogens with zero attached hydrogens (tertiary/aromatic N) is 1. The molecule has 2 heteroatoms. The van der Waals surface area contributed by atoms with Gasteiger partial charge in [0, 0.05) is 6.54 Å². The van der Waals surface area contributed by atoms with E-state index in [9.17, 15) is 0 Å². The third-order valence-electron chi connectivity index (χ3n) is 6.03. The van der Waals surface area contributed by atoms with Gasteiger partial charge in [0.2, 0.25) is 0 Å². The van der Waals surface area contributed by atoms with Crippen molar-refractivity contribution in [2.75, 3.05) is 26.2 Å². The van der Waals surface area contributed by atoms with Crippen LogP contribution in [0.25, 0.3) is 0 Å². The van der Waals surface area contributed by atoms with Crippen molar-refractivity contribution in [1.82, 2.24) is 4.90 Å². The standard InChI is InChI=1S/C16H28N2/c1-16(2)14-4-3-13(15(16)9-14)11-18-7-5-12(10-17)6-8-18/h3,12,14-15H,4-11,17H2,1-2H3. The van der Waals surface area contributed by atoms with E-state index < -0.39 is 0 Å². The molecule has 1 saturated heterocycles. The summed E-state index contributed by atoms with van der Waals surface area (Å²) in [7, 11) is 0. The summed E-state index contributed by atoms with van der Waals surface area (Å²) in [6.45, 7) is 9.58. The maximum atomic E-state index is 5.77. The van der Waals surface area contributed by atoms with Crippen LogP contribution >= 0.6 is 0 Å². The van der Waals surface area contributed by atoms with Crippen LogP contribution in [0.3, 0.4) is 0 Å². The van der Waals surface area contributed by atoms with Crippen LogP contribution in [0.2, 0.25) is 0 Å². The van der Waals surface area contributed by atoms with Gasteiger partial charge in [-0.3, -0.25) is 4.90 Å². The van der Waals surface area contributed by atoms with Gasteiger partial charge in [-0.2, -0.15) is 0 Å². The summed E-state index contributed by atoms with van der Waals surface area (Å²) in [6.07, 6.45) is 7.95. The van der Waals surface area contributed by atoms with Gasteiger partial charge in [0.05, 0.1) is 0 Å². The second-order valence-electron chi connectivity index (χ2n) is 7.28. The Morgan fingerprint density at radius 2 is 2.06 bits per heavy atom. The molecule has 0 aromatic carbocycles. The third kappa shape index (κ3) is 2.04. The van der Waals surface area contributed by atoms with Gasteiger partial charge in [-0.15, -0.1) is 0 Å². The Kier molecular flexibility index (Phi) is 3.27. The summed E-state index contributed by atoms with van der Waals surface area (Å²) in [4.78, 5) is 2.66. The van der Waals surface area contributed by atoms with Crippen molar-refractivity contribution < 1.29 is 0 Å². The van der Waals surface area contributed by atoms with Crippen molar-refractivity contribution >= 4 is 0 Å². The first-order valence-corrected chi connectivity index (χ1v) is 7.72. The molecular weight excluding hydrogens is 220 g/mol. The second kappa shape index (κ2) is 4.64. The zero-order chi connectivity index (χ0) is 12.8. The topological polar surface area (TPSA) is 29.3 Å². The smallest absolute Gasteiger partial charge is 0.0195 e. The molecule has 0 aromatic heterocycles. The van der Waals surface area contributed by atoms with E-state index in [2.05, 4.69) is 24.8 Å². The Hall–Kier alpha value is -0.340. The lowest BCUT2D eigenvalue weighted by molar-refractivity contribution is -0.0115. The van der Waals surface area contributed by atoms with E-state index in [1.165, 1.54) is 45.3 Å². The second-order valence-corrected chi connectivity index (χ2v) is 7.28. The quantitative estimate of drug-likeness (QED) is 0.778. The molecule has 2 fully saturated rings. The lowest BCUT2D eigenvalue weighted by Crippen LogP contribution is -2.50. The van der Waals surface area contributed by atoms with E-state index in [-0.39, 0.29) is 0 Å². The molecule has 1 saturated carbocycles. The van der Waals surface area contributed by atoms with Crippen LogP contribution in [0.1, 0.15) is 39.5 Å². The van der Waals surface area contributed by atoms with E-state index in [1.54, 1.807) is 5.57 Å². The van der Waals surface area contributed by atoms with Crippen molar-refractivity contribution in [3.63, 3.8) is 0 Å². The van der Waals surface area contributed by atoms with E-state index in [0.717, 1.165) is 24.3 Å². The predicted molar refractivity (Wildman–Crippen MR) is 76.3 cm³/mol. The molecule has 1 aliphatic heterocycles. The minimum absolute atomic E-state index is 0.583. The van der Waals surface area contributed by atoms with Gasteiger partial charge < -0.3 is 5.73 Å². The first kappa shape index (κ1) is 12.7. The monoisotopic (exact) mass is 248 g/mol. The van der Waals surface area contributed by atoms with Crippen molar-refractivity contribution in [3.05, 3.63) is 11.6 Å². The third-order valence-corrected chi connectivity index (χ3v) is 6.03. The van der Waals surface area contributed by atoms with Crippen LogP contribution in [-0.2, 0) is 0 Å². The Morgan fingerprint density at radius 3 is 2.61 bits per heavy atom. The summed E-state index contributed by atoms with van der Waals surface area (Å²) in [6, 6.07) is 0. The highest BCUT2D eigenvalue weighted by Gasteiger charge is 2.51. The first-order chi connectivity index (χ1) is 8.61. The molecule has 0 aromatic rings. The molecule has 2 nitrogen and oxygen atoms in total. The van der Waals surface area contributed by atoms with Crippen molar-refractivity contribution in [2.45, 2.75) is 39.5 Å². The molecule has 0 amide bonds. The van der Waals surface area contributed by atoms with Crippen LogP contribution in [0.4, 0.5) is 0 Å². The highest BCUT2D eigenvalue weighted by Crippen LogP contribution is 2.59. The number of nitrogens with two attached hydrogens (primary N) is 1. The molecule has 0 spiro atoms. The van der Waals surface area contributed by atoms with Crippen molar-refractivity contribution in [2.24, 2.45) is 28.9 Å². The molecule has 2 unspecified atom stereocenters. The Morgan fingerprint density at radius 1 is 1.33 bits per heavy atom. The summed E-state index contributed by atoms with van der Waals surface area (Å²) in [5, 5.41) is 0. The van der Waals surface area contributed by atoms with E-state index in [0.29, 0.717) is 5.41 Å². The minimum Gasteiger partial charge on any atom is -0.330 e. The fraction of sp³-hybridized carbons (Fsp3) is 0.875. The lowest BCUT2D eigenvalue weighted by Gasteiger charge is -2.57. The summed E-state index contributed by atoms with van der Waals surface area (Å²) in [5.41, 5.74) is 8.09. The summed E-state index contributed by atoms with van der Waals surface area (Å²) in [5.74, 6) is 2.63. The van der Waals surface area contributed by atoms with Crippen molar-refractivity contribution in [1.29, 1.82) is 0 Å². The molecule has 4 aliphatic rings. The van der Waals surface area contributed by atoms with Gasteiger partial charge >= 0.3 is 0 Å². The molecular formula is C16H28N2. The Labute approximate surface area is 112 Å². The zero-order valence-corrected chi connectivity index (χ0v) is 12.0. The highest BCUT2D eigenvalue weighted by atomic mass is 15.1. The number of allylic oxidation sites excluding steroid dienone is 1. The number of likely N-dealkylation sites (tertiary alicyclic amines) is 1. The Bertz CT molecular complexity index is 337. The maximum absolute atomic E-state index is 5.77. The maximum Gasteiger partial charge on any atom is 0.0195 e. The van der Waals surface area contributed by atoms with Crippen LogP contribution in [0.5, 0.6) is 0 Å². The first-order valence-electron chi connectivity index (χ1n) is 7.72. The van der Waals surface area contributed by atoms with Gasteiger partial charge in [-0.25, -0.2) is 0 Å². The fourth-order valence-electron chi connectivity index (χ4n) is 4.29. The molecule has 2 N–H and O–H groups in total. The van der Waals surface area contributed by atoms with Gasteiger partial charge in [-0.05, 0) is 68.5 Å². The van der Waals surface area contributed by atoms with Crippen LogP contribution in [0, 0.1) is 23.2 Å². The normalized spacial score (nSPS) is 36.1. The summed E-state index contributed by atoms with van der Waals surface area (Å²) >= 11 is 0. The molecule has 1 heterocycles. The van der Waals surface area contributed by atoms with Gasteiger partial charge in [-0.1, -0.05) is 25.5 Å². The predicted octanol–water partition coefficient (Wildman–Crippen LogP) is 2.65. The number of rotatable bonds is 3. The van der Waals surface area contributed by atoms with E-state index in [1.807, 2.05) is 0 Å². The average molecular weight is 248 g/mol. The van der Waals surface area contributed by atoms with Gasteiger partial charge in [0.1, 0.15) is 0 Å². The van der Waals surface area contributed by atoms with Crippen LogP contribution in [0.15, 0.2) is 11.6 Å². The fourth-order valence-corrected chi connectivity index (χ4v) is 4.29. The molecule has 2 bridgehead atoms. The van der Waals surface area contributed by atoms with Gasteiger partial charge in [0.15, 0.2) is 0 Å². The summed E-state index contributed by atoms with van der Waals surface area (Å²) < 4.78 is 0. The largest absolute Gasteiger partial charge is 0.330 e. The average Bonchev–Trinajstić information content (AvgIpc) is 2.39. The highest BCUT2D eigenvalue weighted by molar-refractivity contribution is 5.24. The number of piperidine rings is 1. The van der Waals surface area contributed by atoms with E-state index in [4.69, 9.17) is 5.73 Å². The van der Waals surface area contributed by atoms with Gasteiger partial charge in [0.25, 0.3) is 0 Å². The Balaban J connectivity index is 1.56. The SMILES string of the molecule is CC1(C)C2CC=C(CN3CCC(CN)CC3)C1C2. The molecule has 2 atom stereocenters. The molecule has 0 radical (unpaired) electrons. The lowest BCUT2D eigenvalue weighted by atomic mass is 9.49. The van der Waals surface area contributed by atoms with Crippen LogP contribution < -0.4 is 5.73 Å². The van der Waals surface area contributed by atoms with Crippen LogP contribution in [-0.4, -0.2) is 31.1 Å². The molecule has 102 valence electrons.